The SMILES string of the molecule is COc1cc(/C=C2\C(=O)NC(=S)N(c3ccc(C)cc3C)C2=O)c(Br)c(Br)c1O. The molecule has 0 aromatic heterocycles. The van der Waals surface area contributed by atoms with Gasteiger partial charge in [0.05, 0.1) is 17.3 Å². The molecule has 0 spiro atoms. The fraction of sp³-hybridized carbons (Fsp3) is 0.150. The Morgan fingerprint density at radius 3 is 2.48 bits per heavy atom. The molecule has 1 heterocycles. The molecule has 2 amide bonds. The molecule has 0 bridgehead atoms. The van der Waals surface area contributed by atoms with Gasteiger partial charge in [0.2, 0.25) is 0 Å². The van der Waals surface area contributed by atoms with Crippen LogP contribution in [0.3, 0.4) is 0 Å². The van der Waals surface area contributed by atoms with Crippen molar-refractivity contribution in [2.24, 2.45) is 0 Å². The van der Waals surface area contributed by atoms with Gasteiger partial charge in [-0.25, -0.2) is 0 Å². The van der Waals surface area contributed by atoms with E-state index in [1.807, 2.05) is 26.0 Å². The van der Waals surface area contributed by atoms with Crippen LogP contribution in [0.25, 0.3) is 6.08 Å². The van der Waals surface area contributed by atoms with Crippen molar-refractivity contribution >= 4 is 72.8 Å². The molecule has 1 aliphatic rings. The van der Waals surface area contributed by atoms with Crippen LogP contribution in [0.5, 0.6) is 11.5 Å². The lowest BCUT2D eigenvalue weighted by Gasteiger charge is -2.30. The number of ether oxygens (including phenoxy) is 1. The molecule has 9 heteroatoms. The van der Waals surface area contributed by atoms with Crippen molar-refractivity contribution in [3.63, 3.8) is 0 Å². The number of methoxy groups -OCH3 is 1. The van der Waals surface area contributed by atoms with Crippen molar-refractivity contribution in [1.82, 2.24) is 5.32 Å². The van der Waals surface area contributed by atoms with Gasteiger partial charge in [0.1, 0.15) is 5.57 Å². The minimum absolute atomic E-state index is 0.0210. The summed E-state index contributed by atoms with van der Waals surface area (Å²) >= 11 is 11.9. The van der Waals surface area contributed by atoms with Gasteiger partial charge in [-0.15, -0.1) is 0 Å². The number of hydrogen-bond donors (Lipinski definition) is 2. The lowest BCUT2D eigenvalue weighted by atomic mass is 10.0. The van der Waals surface area contributed by atoms with Gasteiger partial charge in [0.15, 0.2) is 16.6 Å². The van der Waals surface area contributed by atoms with E-state index in [0.29, 0.717) is 20.2 Å². The third-order valence-corrected chi connectivity index (χ3v) is 6.83. The molecule has 0 atom stereocenters. The van der Waals surface area contributed by atoms with Gasteiger partial charge >= 0.3 is 0 Å². The predicted molar refractivity (Wildman–Crippen MR) is 122 cm³/mol. The average Bonchev–Trinajstić information content (AvgIpc) is 2.66. The summed E-state index contributed by atoms with van der Waals surface area (Å²) in [6.07, 6.45) is 1.42. The summed E-state index contributed by atoms with van der Waals surface area (Å²) in [6.45, 7) is 3.82. The van der Waals surface area contributed by atoms with E-state index in [1.165, 1.54) is 24.2 Å². The van der Waals surface area contributed by atoms with E-state index in [1.54, 1.807) is 6.07 Å². The Hall–Kier alpha value is -2.23. The number of rotatable bonds is 3. The molecule has 0 unspecified atom stereocenters. The first-order valence-electron chi connectivity index (χ1n) is 8.39. The molecule has 1 fully saturated rings. The van der Waals surface area contributed by atoms with Gasteiger partial charge in [-0.2, -0.15) is 0 Å². The van der Waals surface area contributed by atoms with Crippen molar-refractivity contribution in [2.75, 3.05) is 12.0 Å². The topological polar surface area (TPSA) is 78.9 Å². The number of phenols is 1. The molecule has 150 valence electrons. The third kappa shape index (κ3) is 3.94. The zero-order valence-electron chi connectivity index (χ0n) is 15.7. The maximum Gasteiger partial charge on any atom is 0.270 e. The van der Waals surface area contributed by atoms with Gasteiger partial charge in [0, 0.05) is 4.47 Å². The number of phenolic OH excluding ortho intramolecular Hbond substituents is 1. The van der Waals surface area contributed by atoms with Crippen LogP contribution in [-0.2, 0) is 9.59 Å². The fourth-order valence-corrected chi connectivity index (χ4v) is 4.08. The van der Waals surface area contributed by atoms with Gasteiger partial charge in [0.25, 0.3) is 11.8 Å². The maximum atomic E-state index is 13.2. The number of amides is 2. The van der Waals surface area contributed by atoms with Crippen molar-refractivity contribution < 1.29 is 19.4 Å². The Labute approximate surface area is 189 Å². The van der Waals surface area contributed by atoms with Crippen LogP contribution in [0.15, 0.2) is 38.8 Å². The Bertz CT molecular complexity index is 1100. The number of carbonyl (C=O) groups excluding carboxylic acids is 2. The quantitative estimate of drug-likeness (QED) is 0.344. The number of hydrogen-bond acceptors (Lipinski definition) is 5. The van der Waals surface area contributed by atoms with Crippen molar-refractivity contribution in [2.45, 2.75) is 13.8 Å². The normalized spacial score (nSPS) is 15.7. The van der Waals surface area contributed by atoms with Crippen LogP contribution in [0.1, 0.15) is 16.7 Å². The maximum absolute atomic E-state index is 13.2. The van der Waals surface area contributed by atoms with E-state index in [9.17, 15) is 14.7 Å². The van der Waals surface area contributed by atoms with Crippen LogP contribution in [0.2, 0.25) is 0 Å². The third-order valence-electron chi connectivity index (χ3n) is 4.39. The first-order valence-corrected chi connectivity index (χ1v) is 10.4. The number of aryl methyl sites for hydroxylation is 2. The number of benzene rings is 2. The molecule has 2 aromatic rings. The van der Waals surface area contributed by atoms with E-state index in [4.69, 9.17) is 17.0 Å². The standard InChI is InChI=1S/C20H16Br2N2O4S/c1-9-4-5-13(10(2)6-9)24-19(27)12(18(26)23-20(24)29)7-11-8-14(28-3)17(25)16(22)15(11)21/h4-8,25H,1-3H3,(H,23,26,29)/b12-7+. The predicted octanol–water partition coefficient (Wildman–Crippen LogP) is 4.37. The molecular weight excluding hydrogens is 524 g/mol. The zero-order valence-corrected chi connectivity index (χ0v) is 19.7. The van der Waals surface area contributed by atoms with Gasteiger partial charge in [-0.3, -0.25) is 19.8 Å². The number of thiocarbonyl (C=S) groups is 1. The second-order valence-corrected chi connectivity index (χ2v) is 8.37. The Morgan fingerprint density at radius 1 is 1.17 bits per heavy atom. The summed E-state index contributed by atoms with van der Waals surface area (Å²) in [6, 6.07) is 7.12. The highest BCUT2D eigenvalue weighted by atomic mass is 79.9. The van der Waals surface area contributed by atoms with Crippen LogP contribution >= 0.6 is 44.1 Å². The zero-order chi connectivity index (χ0) is 21.5. The minimum atomic E-state index is -0.601. The number of nitrogens with one attached hydrogen (secondary N) is 1. The molecule has 3 rings (SSSR count). The van der Waals surface area contributed by atoms with Gasteiger partial charge in [-0.1, -0.05) is 17.7 Å². The molecule has 1 aliphatic heterocycles. The molecule has 0 aliphatic carbocycles. The summed E-state index contributed by atoms with van der Waals surface area (Å²) in [5.41, 5.74) is 2.87. The molecule has 6 nitrogen and oxygen atoms in total. The molecule has 2 aromatic carbocycles. The first-order chi connectivity index (χ1) is 13.6. The highest BCUT2D eigenvalue weighted by molar-refractivity contribution is 9.13. The second kappa shape index (κ2) is 8.25. The van der Waals surface area contributed by atoms with Gasteiger partial charge in [-0.05, 0) is 87.3 Å². The van der Waals surface area contributed by atoms with Crippen LogP contribution in [-0.4, -0.2) is 29.1 Å². The number of aromatic hydroxyl groups is 1. The Morgan fingerprint density at radius 2 is 1.86 bits per heavy atom. The number of nitrogens with zero attached hydrogens (tertiary/aromatic N) is 1. The van der Waals surface area contributed by atoms with E-state index in [-0.39, 0.29) is 22.2 Å². The average molecular weight is 540 g/mol. The molecule has 29 heavy (non-hydrogen) atoms. The highest BCUT2D eigenvalue weighted by Crippen LogP contribution is 2.42. The Balaban J connectivity index is 2.12. The molecular formula is C20H16Br2N2O4S. The molecule has 2 N–H and O–H groups in total. The summed E-state index contributed by atoms with van der Waals surface area (Å²) in [5.74, 6) is -1.05. The smallest absolute Gasteiger partial charge is 0.270 e. The van der Waals surface area contributed by atoms with Crippen molar-refractivity contribution in [3.8, 4) is 11.5 Å². The van der Waals surface area contributed by atoms with E-state index in [0.717, 1.165) is 11.1 Å². The molecule has 0 saturated carbocycles. The van der Waals surface area contributed by atoms with Crippen molar-refractivity contribution in [3.05, 3.63) is 55.5 Å². The lowest BCUT2D eigenvalue weighted by molar-refractivity contribution is -0.122. The first kappa shape index (κ1) is 21.5. The van der Waals surface area contributed by atoms with E-state index >= 15 is 0 Å². The van der Waals surface area contributed by atoms with Crippen LogP contribution < -0.4 is 15.0 Å². The second-order valence-electron chi connectivity index (χ2n) is 6.39. The number of anilines is 1. The number of carbonyl (C=O) groups is 2. The summed E-state index contributed by atoms with van der Waals surface area (Å²) in [7, 11) is 1.41. The Kier molecular flexibility index (Phi) is 6.11. The highest BCUT2D eigenvalue weighted by Gasteiger charge is 2.35. The number of halogens is 2. The minimum Gasteiger partial charge on any atom is -0.503 e. The monoisotopic (exact) mass is 538 g/mol. The van der Waals surface area contributed by atoms with Crippen LogP contribution in [0, 0.1) is 13.8 Å². The van der Waals surface area contributed by atoms with Crippen LogP contribution in [0.4, 0.5) is 5.69 Å². The molecule has 1 saturated heterocycles. The lowest BCUT2D eigenvalue weighted by Crippen LogP contribution is -2.54. The van der Waals surface area contributed by atoms with Crippen molar-refractivity contribution in [1.29, 1.82) is 0 Å². The van der Waals surface area contributed by atoms with Gasteiger partial charge < -0.3 is 9.84 Å². The summed E-state index contributed by atoms with van der Waals surface area (Å²) < 4.78 is 5.96. The molecule has 0 radical (unpaired) electrons. The van der Waals surface area contributed by atoms with E-state index in [2.05, 4.69) is 37.2 Å². The van der Waals surface area contributed by atoms with E-state index < -0.39 is 11.8 Å². The fourth-order valence-electron chi connectivity index (χ4n) is 2.96. The summed E-state index contributed by atoms with van der Waals surface area (Å²) in [4.78, 5) is 27.0. The summed E-state index contributed by atoms with van der Waals surface area (Å²) in [5, 5.41) is 12.7. The largest absolute Gasteiger partial charge is 0.503 e.